The van der Waals surface area contributed by atoms with E-state index in [0.29, 0.717) is 0 Å². The number of aliphatic hydroxyl groups excluding tert-OH is 1. The summed E-state index contributed by atoms with van der Waals surface area (Å²) in [6, 6.07) is 0. The molecule has 0 aromatic heterocycles. The molecule has 12 heavy (non-hydrogen) atoms. The number of rotatable bonds is 1. The van der Waals surface area contributed by atoms with Crippen LogP contribution in [0.25, 0.3) is 0 Å². The predicted molar refractivity (Wildman–Crippen MR) is 31.4 cm³/mol. The first-order valence-electron chi connectivity index (χ1n) is 2.32. The summed E-state index contributed by atoms with van der Waals surface area (Å²) in [5.74, 6) is -1.19. The zero-order valence-electron chi connectivity index (χ0n) is 6.54. The first-order valence-corrected chi connectivity index (χ1v) is 3.85. The average Bonchev–Trinajstić information content (AvgIpc) is 1.59. The molecule has 0 aliphatic carbocycles. The molecule has 0 saturated carbocycles. The van der Waals surface area contributed by atoms with Crippen molar-refractivity contribution in [3.63, 3.8) is 0 Å². The maximum Gasteiger partial charge on any atom is 1.00 e. The van der Waals surface area contributed by atoms with Gasteiger partial charge >= 0.3 is 57.4 Å². The second kappa shape index (κ2) is 8.76. The van der Waals surface area contributed by atoms with Crippen LogP contribution in [0.5, 0.6) is 0 Å². The maximum atomic E-state index is 9.45. The Morgan fingerprint density at radius 2 is 1.58 bits per heavy atom. The van der Waals surface area contributed by atoms with E-state index in [1.165, 1.54) is 6.92 Å². The first-order chi connectivity index (χ1) is 4.64. The van der Waals surface area contributed by atoms with Gasteiger partial charge in [-0.15, -0.1) is 0 Å². The number of carboxylic acids is 1. The Morgan fingerprint density at radius 3 is 1.58 bits per heavy atom. The molecule has 7 nitrogen and oxygen atoms in total. The van der Waals surface area contributed by atoms with Gasteiger partial charge in [0.2, 0.25) is 0 Å². The smallest absolute Gasteiger partial charge is 0.756 e. The monoisotopic (exact) mass is 226 g/mol. The van der Waals surface area contributed by atoms with Crippen molar-refractivity contribution in [2.75, 3.05) is 0 Å². The Balaban J connectivity index is -0.000000126. The third-order valence-electron chi connectivity index (χ3n) is 0.357. The van der Waals surface area contributed by atoms with Crippen LogP contribution in [0.4, 0.5) is 0 Å². The average molecular weight is 226 g/mol. The molecule has 0 aliphatic heterocycles. The summed E-state index contributed by atoms with van der Waals surface area (Å²) in [5.41, 5.74) is 0. The van der Waals surface area contributed by atoms with E-state index >= 15 is 0 Å². The maximum absolute atomic E-state index is 9.45. The van der Waals surface area contributed by atoms with Crippen LogP contribution in [0.15, 0.2) is 0 Å². The molecule has 0 rings (SSSR count). The number of hydrogen-bond acceptors (Lipinski definition) is 4. The largest absolute Gasteiger partial charge is 1.00 e. The minimum atomic E-state index is -4.89. The summed E-state index contributed by atoms with van der Waals surface area (Å²) in [6.45, 7) is 1.20. The van der Waals surface area contributed by atoms with Gasteiger partial charge in [0.1, 0.15) is 6.10 Å². The fourth-order valence-electron chi connectivity index (χ4n) is 0. The van der Waals surface area contributed by atoms with Crippen LogP contribution in [0.2, 0.25) is 0 Å². The van der Waals surface area contributed by atoms with E-state index in [-0.39, 0.29) is 51.4 Å². The summed E-state index contributed by atoms with van der Waals surface area (Å²) in [6.07, 6.45) is -1.23. The summed E-state index contributed by atoms with van der Waals surface area (Å²) >= 11 is 0. The topological polar surface area (TPSA) is 138 Å². The van der Waals surface area contributed by atoms with Gasteiger partial charge in [0.05, 0.1) is 0 Å². The molecule has 0 heterocycles. The Kier molecular flexibility index (Phi) is 13.8. The second-order valence-corrected chi connectivity index (χ2v) is 2.49. The molecule has 0 amide bonds. The molecule has 0 fully saturated rings. The normalized spacial score (nSPS) is 11.8. The molecule has 0 spiro atoms. The van der Waals surface area contributed by atoms with Gasteiger partial charge < -0.3 is 24.9 Å². The minimum absolute atomic E-state index is 0. The van der Waals surface area contributed by atoms with E-state index in [4.69, 9.17) is 29.5 Å². The molecule has 68 valence electrons. The van der Waals surface area contributed by atoms with Crippen molar-refractivity contribution in [2.24, 2.45) is 0 Å². The van der Waals surface area contributed by atoms with Crippen LogP contribution < -0.4 is 56.3 Å². The van der Waals surface area contributed by atoms with Crippen LogP contribution in [0, 0.1) is 0 Å². The fraction of sp³-hybridized carbons (Fsp3) is 0.667. The second-order valence-electron chi connectivity index (χ2n) is 1.50. The number of carboxylic acid groups (broad SMARTS) is 1. The van der Waals surface area contributed by atoms with E-state index in [9.17, 15) is 4.79 Å². The third-order valence-corrected chi connectivity index (χ3v) is 0.357. The Hall–Kier alpha value is 1.18. The standard InChI is InChI=1S/C3H6O3.K.H3O4P/c1-2(4)3(5)6;;1-5(2,3)4/h2,4H,1H3,(H,5,6);;(H3,1,2,3,4)/q;+1;/p-1. The number of hydrogen-bond donors (Lipinski definition) is 4. The van der Waals surface area contributed by atoms with Crippen LogP contribution in [0.1, 0.15) is 6.92 Å². The van der Waals surface area contributed by atoms with Crippen LogP contribution in [-0.2, 0) is 9.36 Å². The zero-order chi connectivity index (χ0) is 9.65. The van der Waals surface area contributed by atoms with Gasteiger partial charge in [0, 0.05) is 0 Å². The van der Waals surface area contributed by atoms with Crippen molar-refractivity contribution in [3.05, 3.63) is 0 Å². The molecule has 4 N–H and O–H groups in total. The third kappa shape index (κ3) is 43.2. The van der Waals surface area contributed by atoms with E-state index in [2.05, 4.69) is 0 Å². The van der Waals surface area contributed by atoms with Crippen molar-refractivity contribution in [1.29, 1.82) is 0 Å². The van der Waals surface area contributed by atoms with Gasteiger partial charge in [-0.05, 0) is 6.92 Å². The Bertz CT molecular complexity index is 154. The molecule has 9 heteroatoms. The quantitative estimate of drug-likeness (QED) is 0.259. The Morgan fingerprint density at radius 1 is 1.50 bits per heavy atom. The fourth-order valence-corrected chi connectivity index (χ4v) is 0. The van der Waals surface area contributed by atoms with Crippen LogP contribution >= 0.6 is 7.82 Å². The SMILES string of the molecule is CC(O)C(=O)O.O=P([O-])(O)O.[K+]. The summed E-state index contributed by atoms with van der Waals surface area (Å²) in [4.78, 5) is 32.4. The van der Waals surface area contributed by atoms with Crippen molar-refractivity contribution in [1.82, 2.24) is 0 Å². The van der Waals surface area contributed by atoms with Crippen molar-refractivity contribution in [3.8, 4) is 0 Å². The molecule has 0 aromatic rings. The predicted octanol–water partition coefficient (Wildman–Crippen LogP) is -5.10. The van der Waals surface area contributed by atoms with Gasteiger partial charge in [-0.3, -0.25) is 4.57 Å². The molecule has 0 aliphatic rings. The van der Waals surface area contributed by atoms with E-state index in [1.807, 2.05) is 0 Å². The molecule has 1 unspecified atom stereocenters. The number of aliphatic hydroxyl groups is 1. The molecule has 0 radical (unpaired) electrons. The number of carbonyl (C=O) groups is 1. The molecular weight excluding hydrogens is 218 g/mol. The first kappa shape index (κ1) is 18.9. The molecule has 0 saturated heterocycles. The zero-order valence-corrected chi connectivity index (χ0v) is 10.6. The van der Waals surface area contributed by atoms with Crippen molar-refractivity contribution < 1.29 is 85.6 Å². The van der Waals surface area contributed by atoms with Gasteiger partial charge in [-0.1, -0.05) is 0 Å². The van der Waals surface area contributed by atoms with E-state index in [1.54, 1.807) is 0 Å². The molecule has 0 aromatic carbocycles. The Labute approximate surface area is 111 Å². The number of aliphatic carboxylic acids is 1. The number of phosphoric acid groups is 1. The molecule has 0 bridgehead atoms. The summed E-state index contributed by atoms with van der Waals surface area (Å²) < 4.78 is 8.77. The van der Waals surface area contributed by atoms with Crippen molar-refractivity contribution in [2.45, 2.75) is 13.0 Å². The van der Waals surface area contributed by atoms with Crippen molar-refractivity contribution >= 4 is 13.8 Å². The van der Waals surface area contributed by atoms with E-state index < -0.39 is 19.9 Å². The van der Waals surface area contributed by atoms with Gasteiger partial charge in [-0.2, -0.15) is 0 Å². The summed E-state index contributed by atoms with van der Waals surface area (Å²) in [5, 5.41) is 15.8. The van der Waals surface area contributed by atoms with Crippen LogP contribution in [0.3, 0.4) is 0 Å². The molecular formula is C3H8KO7P. The van der Waals surface area contributed by atoms with Crippen LogP contribution in [-0.4, -0.2) is 32.1 Å². The summed E-state index contributed by atoms with van der Waals surface area (Å²) in [7, 11) is -4.89. The van der Waals surface area contributed by atoms with E-state index in [0.717, 1.165) is 0 Å². The minimum Gasteiger partial charge on any atom is -0.756 e. The van der Waals surface area contributed by atoms with Gasteiger partial charge in [0.15, 0.2) is 0 Å². The van der Waals surface area contributed by atoms with Gasteiger partial charge in [0.25, 0.3) is 7.82 Å². The van der Waals surface area contributed by atoms with Gasteiger partial charge in [-0.25, -0.2) is 4.79 Å². The molecule has 1 atom stereocenters.